The lowest BCUT2D eigenvalue weighted by molar-refractivity contribution is -0.136. The summed E-state index contributed by atoms with van der Waals surface area (Å²) in [5, 5.41) is 11.2. The van der Waals surface area contributed by atoms with Gasteiger partial charge in [0.15, 0.2) is 0 Å². The van der Waals surface area contributed by atoms with Crippen molar-refractivity contribution in [1.29, 1.82) is 0 Å². The van der Waals surface area contributed by atoms with E-state index in [9.17, 15) is 9.59 Å². The number of hydrogen-bond donors (Lipinski definition) is 2. The zero-order valence-corrected chi connectivity index (χ0v) is 9.81. The van der Waals surface area contributed by atoms with E-state index in [0.717, 1.165) is 0 Å². The van der Waals surface area contributed by atoms with Crippen LogP contribution in [0.25, 0.3) is 0 Å². The monoisotopic (exact) mass is 252 g/mol. The van der Waals surface area contributed by atoms with Gasteiger partial charge in [0.2, 0.25) is 0 Å². The molecule has 2 atom stereocenters. The summed E-state index contributed by atoms with van der Waals surface area (Å²) in [6, 6.07) is 5.02. The third kappa shape index (κ3) is 2.97. The Labute approximate surface area is 103 Å². The van der Waals surface area contributed by atoms with Crippen molar-refractivity contribution in [2.45, 2.75) is 17.7 Å². The topological polar surface area (TPSA) is 79.3 Å². The highest BCUT2D eigenvalue weighted by molar-refractivity contribution is 8.00. The van der Waals surface area contributed by atoms with Crippen LogP contribution in [-0.4, -0.2) is 39.0 Å². The number of pyridine rings is 1. The number of thioether (sulfide) groups is 1. The highest BCUT2D eigenvalue weighted by Gasteiger charge is 2.31. The molecule has 1 aromatic heterocycles. The molecular weight excluding hydrogens is 240 g/mol. The molecule has 0 saturated carbocycles. The Morgan fingerprint density at radius 1 is 1.47 bits per heavy atom. The summed E-state index contributed by atoms with van der Waals surface area (Å²) in [6.45, 7) is 0. The SMILES string of the molecule is O=C(N[C@@H]1CS[C@H](C(=O)O)C1)c1ccccn1. The number of nitrogens with one attached hydrogen (secondary N) is 1. The van der Waals surface area contributed by atoms with Crippen molar-refractivity contribution in [2.24, 2.45) is 0 Å². The average molecular weight is 252 g/mol. The minimum atomic E-state index is -0.815. The Morgan fingerprint density at radius 2 is 2.29 bits per heavy atom. The molecule has 1 fully saturated rings. The first-order valence-corrected chi connectivity index (χ1v) is 6.28. The Balaban J connectivity index is 1.91. The summed E-state index contributed by atoms with van der Waals surface area (Å²) in [5.41, 5.74) is 0.358. The van der Waals surface area contributed by atoms with E-state index in [1.807, 2.05) is 0 Å². The van der Waals surface area contributed by atoms with Gasteiger partial charge in [-0.3, -0.25) is 14.6 Å². The summed E-state index contributed by atoms with van der Waals surface area (Å²) in [7, 11) is 0. The van der Waals surface area contributed by atoms with E-state index in [1.54, 1.807) is 24.4 Å². The maximum absolute atomic E-state index is 11.7. The van der Waals surface area contributed by atoms with Gasteiger partial charge in [0.25, 0.3) is 5.91 Å². The summed E-state index contributed by atoms with van der Waals surface area (Å²) < 4.78 is 0. The number of nitrogens with zero attached hydrogens (tertiary/aromatic N) is 1. The molecule has 0 radical (unpaired) electrons. The van der Waals surface area contributed by atoms with E-state index in [4.69, 9.17) is 5.11 Å². The molecule has 5 nitrogen and oxygen atoms in total. The lowest BCUT2D eigenvalue weighted by Crippen LogP contribution is -2.36. The van der Waals surface area contributed by atoms with Crippen LogP contribution in [0, 0.1) is 0 Å². The van der Waals surface area contributed by atoms with Gasteiger partial charge in [-0.15, -0.1) is 11.8 Å². The summed E-state index contributed by atoms with van der Waals surface area (Å²) in [4.78, 5) is 26.4. The number of aromatic nitrogens is 1. The Bertz CT molecular complexity index is 424. The predicted molar refractivity (Wildman–Crippen MR) is 64.0 cm³/mol. The van der Waals surface area contributed by atoms with Gasteiger partial charge in [0, 0.05) is 18.0 Å². The minimum Gasteiger partial charge on any atom is -0.480 e. The highest BCUT2D eigenvalue weighted by atomic mass is 32.2. The lowest BCUT2D eigenvalue weighted by atomic mass is 10.2. The molecule has 17 heavy (non-hydrogen) atoms. The van der Waals surface area contributed by atoms with E-state index >= 15 is 0 Å². The molecule has 2 rings (SSSR count). The quantitative estimate of drug-likeness (QED) is 0.830. The van der Waals surface area contributed by atoms with E-state index in [0.29, 0.717) is 17.9 Å². The second-order valence-corrected chi connectivity index (χ2v) is 5.02. The van der Waals surface area contributed by atoms with Crippen LogP contribution in [0.15, 0.2) is 24.4 Å². The number of aliphatic carboxylic acids is 1. The molecule has 0 aromatic carbocycles. The molecule has 1 aliphatic heterocycles. The number of hydrogen-bond acceptors (Lipinski definition) is 4. The zero-order valence-electron chi connectivity index (χ0n) is 9.00. The molecule has 0 unspecified atom stereocenters. The highest BCUT2D eigenvalue weighted by Crippen LogP contribution is 2.26. The molecule has 6 heteroatoms. The van der Waals surface area contributed by atoms with Crippen molar-refractivity contribution >= 4 is 23.6 Å². The first-order chi connectivity index (χ1) is 8.16. The van der Waals surface area contributed by atoms with E-state index in [-0.39, 0.29) is 11.9 Å². The molecular formula is C11H12N2O3S. The number of carboxylic acid groups (broad SMARTS) is 1. The second kappa shape index (κ2) is 5.18. The molecule has 0 bridgehead atoms. The standard InChI is InChI=1S/C11H12N2O3S/c14-10(8-3-1-2-4-12-8)13-7-5-9(11(15)16)17-6-7/h1-4,7,9H,5-6H2,(H,13,14)(H,15,16)/t7-,9-/m0/s1. The lowest BCUT2D eigenvalue weighted by Gasteiger charge is -2.10. The van der Waals surface area contributed by atoms with Crippen molar-refractivity contribution in [3.63, 3.8) is 0 Å². The molecule has 1 aromatic rings. The number of rotatable bonds is 3. The number of carboxylic acids is 1. The van der Waals surface area contributed by atoms with Crippen LogP contribution in [-0.2, 0) is 4.79 Å². The third-order valence-corrected chi connectivity index (χ3v) is 3.90. The first-order valence-electron chi connectivity index (χ1n) is 5.23. The van der Waals surface area contributed by atoms with Gasteiger partial charge in [-0.1, -0.05) is 6.07 Å². The molecule has 2 N–H and O–H groups in total. The van der Waals surface area contributed by atoms with Crippen LogP contribution in [0.1, 0.15) is 16.9 Å². The predicted octanol–water partition coefficient (Wildman–Crippen LogP) is 0.770. The fourth-order valence-electron chi connectivity index (χ4n) is 1.66. The van der Waals surface area contributed by atoms with Crippen molar-refractivity contribution in [3.05, 3.63) is 30.1 Å². The Hall–Kier alpha value is -1.56. The van der Waals surface area contributed by atoms with Gasteiger partial charge >= 0.3 is 5.97 Å². The smallest absolute Gasteiger partial charge is 0.316 e. The van der Waals surface area contributed by atoms with Gasteiger partial charge in [-0.2, -0.15) is 0 Å². The first kappa shape index (κ1) is 11.9. The van der Waals surface area contributed by atoms with Crippen molar-refractivity contribution < 1.29 is 14.7 Å². The van der Waals surface area contributed by atoms with Gasteiger partial charge in [0.05, 0.1) is 0 Å². The van der Waals surface area contributed by atoms with E-state index in [1.165, 1.54) is 11.8 Å². The van der Waals surface area contributed by atoms with Crippen LogP contribution < -0.4 is 5.32 Å². The fraction of sp³-hybridized carbons (Fsp3) is 0.364. The largest absolute Gasteiger partial charge is 0.480 e. The third-order valence-electron chi connectivity index (χ3n) is 2.51. The maximum atomic E-state index is 11.7. The van der Waals surface area contributed by atoms with Crippen molar-refractivity contribution in [3.8, 4) is 0 Å². The number of carbonyl (C=O) groups is 2. The molecule has 0 spiro atoms. The summed E-state index contributed by atoms with van der Waals surface area (Å²) in [5.74, 6) is -0.429. The van der Waals surface area contributed by atoms with Crippen LogP contribution in [0.2, 0.25) is 0 Å². The second-order valence-electron chi connectivity index (χ2n) is 3.78. The molecule has 90 valence electrons. The maximum Gasteiger partial charge on any atom is 0.316 e. The van der Waals surface area contributed by atoms with Gasteiger partial charge in [0.1, 0.15) is 10.9 Å². The average Bonchev–Trinajstić information content (AvgIpc) is 2.79. The molecule has 1 amide bonds. The number of amides is 1. The molecule has 1 aliphatic rings. The van der Waals surface area contributed by atoms with Crippen molar-refractivity contribution in [1.82, 2.24) is 10.3 Å². The van der Waals surface area contributed by atoms with Crippen LogP contribution in [0.4, 0.5) is 0 Å². The van der Waals surface area contributed by atoms with Crippen molar-refractivity contribution in [2.75, 3.05) is 5.75 Å². The summed E-state index contributed by atoms with van der Waals surface area (Å²) in [6.07, 6.45) is 2.02. The Morgan fingerprint density at radius 3 is 2.88 bits per heavy atom. The van der Waals surface area contributed by atoms with Crippen LogP contribution >= 0.6 is 11.8 Å². The van der Waals surface area contributed by atoms with Crippen LogP contribution in [0.3, 0.4) is 0 Å². The van der Waals surface area contributed by atoms with E-state index in [2.05, 4.69) is 10.3 Å². The fourth-order valence-corrected chi connectivity index (χ4v) is 2.85. The number of carbonyl (C=O) groups excluding carboxylic acids is 1. The normalized spacial score (nSPS) is 23.3. The van der Waals surface area contributed by atoms with Gasteiger partial charge < -0.3 is 10.4 Å². The molecule has 1 saturated heterocycles. The summed E-state index contributed by atoms with van der Waals surface area (Å²) >= 11 is 1.36. The molecule has 2 heterocycles. The Kier molecular flexibility index (Phi) is 3.63. The van der Waals surface area contributed by atoms with Gasteiger partial charge in [-0.05, 0) is 18.6 Å². The molecule has 0 aliphatic carbocycles. The van der Waals surface area contributed by atoms with Crippen LogP contribution in [0.5, 0.6) is 0 Å². The minimum absolute atomic E-state index is 0.0874. The zero-order chi connectivity index (χ0) is 12.3. The van der Waals surface area contributed by atoms with E-state index < -0.39 is 11.2 Å². The van der Waals surface area contributed by atoms with Gasteiger partial charge in [-0.25, -0.2) is 0 Å².